The topological polar surface area (TPSA) is 64.6 Å². The molecule has 0 aliphatic carbocycles. The largest absolute Gasteiger partial charge is 0.459 e. The van der Waals surface area contributed by atoms with Crippen molar-refractivity contribution < 1.29 is 19.1 Å². The van der Waals surface area contributed by atoms with Crippen LogP contribution in [-0.4, -0.2) is 28.1 Å². The van der Waals surface area contributed by atoms with Gasteiger partial charge in [0.1, 0.15) is 18.2 Å². The fourth-order valence-electron chi connectivity index (χ4n) is 1.97. The van der Waals surface area contributed by atoms with E-state index in [1.165, 1.54) is 0 Å². The highest BCUT2D eigenvalue weighted by Crippen LogP contribution is 2.10. The number of alkyl carbamates (subject to hydrolysis) is 1. The van der Waals surface area contributed by atoms with E-state index in [4.69, 9.17) is 9.47 Å². The van der Waals surface area contributed by atoms with Crippen molar-refractivity contribution in [3.63, 3.8) is 0 Å². The monoisotopic (exact) mass is 447 g/mol. The van der Waals surface area contributed by atoms with Gasteiger partial charge in [-0.3, -0.25) is 0 Å². The molecule has 0 heterocycles. The minimum Gasteiger partial charge on any atom is -0.459 e. The molecule has 6 heteroatoms. The number of carbonyl (C=O) groups is 2. The maximum atomic E-state index is 12.3. The Morgan fingerprint density at radius 2 is 1.83 bits per heavy atom. The van der Waals surface area contributed by atoms with E-state index >= 15 is 0 Å². The molecule has 1 atom stereocenters. The smallest absolute Gasteiger partial charge is 0.408 e. The predicted octanol–water partition coefficient (Wildman–Crippen LogP) is 4.23. The second kappa shape index (κ2) is 10.5. The van der Waals surface area contributed by atoms with Crippen molar-refractivity contribution in [3.05, 3.63) is 35.9 Å². The van der Waals surface area contributed by atoms with Gasteiger partial charge in [0, 0.05) is 0 Å². The molecule has 5 nitrogen and oxygen atoms in total. The molecule has 0 radical (unpaired) electrons. The molecule has 24 heavy (non-hydrogen) atoms. The van der Waals surface area contributed by atoms with Gasteiger partial charge in [0.15, 0.2) is 0 Å². The van der Waals surface area contributed by atoms with Gasteiger partial charge in [0.2, 0.25) is 0 Å². The van der Waals surface area contributed by atoms with Crippen LogP contribution in [0.5, 0.6) is 0 Å². The number of unbranched alkanes of at least 4 members (excludes halogenated alkanes) is 1. The van der Waals surface area contributed by atoms with E-state index in [2.05, 4.69) is 27.9 Å². The van der Waals surface area contributed by atoms with E-state index in [1.807, 2.05) is 30.3 Å². The van der Waals surface area contributed by atoms with Crippen LogP contribution in [0.3, 0.4) is 0 Å². The first-order valence-electron chi connectivity index (χ1n) is 8.08. The number of nitrogens with one attached hydrogen (secondary N) is 1. The summed E-state index contributed by atoms with van der Waals surface area (Å²) in [4.78, 5) is 24.3. The summed E-state index contributed by atoms with van der Waals surface area (Å²) in [6.07, 6.45) is 1.76. The Bertz CT molecular complexity index is 514. The summed E-state index contributed by atoms with van der Waals surface area (Å²) in [7, 11) is 0. The minimum atomic E-state index is -0.688. The average Bonchev–Trinajstić information content (AvgIpc) is 2.51. The first-order valence-corrected chi connectivity index (χ1v) is 9.60. The van der Waals surface area contributed by atoms with Gasteiger partial charge in [-0.15, -0.1) is 0 Å². The molecule has 1 rings (SSSR count). The molecule has 0 saturated carbocycles. The van der Waals surface area contributed by atoms with Crippen molar-refractivity contribution in [2.45, 2.75) is 58.3 Å². The lowest BCUT2D eigenvalue weighted by Crippen LogP contribution is -2.44. The van der Waals surface area contributed by atoms with Crippen molar-refractivity contribution in [1.29, 1.82) is 0 Å². The van der Waals surface area contributed by atoms with E-state index < -0.39 is 23.7 Å². The Balaban J connectivity index is 2.58. The van der Waals surface area contributed by atoms with E-state index in [0.29, 0.717) is 6.42 Å². The summed E-state index contributed by atoms with van der Waals surface area (Å²) < 4.78 is 11.6. The van der Waals surface area contributed by atoms with E-state index in [0.717, 1.165) is 22.8 Å². The third-order valence-corrected chi connectivity index (χ3v) is 3.84. The molecule has 0 spiro atoms. The van der Waals surface area contributed by atoms with Crippen molar-refractivity contribution in [2.24, 2.45) is 0 Å². The number of rotatable bonds is 8. The van der Waals surface area contributed by atoms with Crippen molar-refractivity contribution in [3.8, 4) is 0 Å². The van der Waals surface area contributed by atoms with Crippen molar-refractivity contribution in [1.82, 2.24) is 5.32 Å². The Morgan fingerprint density at radius 1 is 1.17 bits per heavy atom. The van der Waals surface area contributed by atoms with E-state index in [9.17, 15) is 9.59 Å². The zero-order valence-corrected chi connectivity index (χ0v) is 16.7. The fourth-order valence-corrected chi connectivity index (χ4v) is 2.51. The summed E-state index contributed by atoms with van der Waals surface area (Å²) in [5.74, 6) is -0.432. The zero-order valence-electron chi connectivity index (χ0n) is 14.5. The SMILES string of the molecule is CC(C)(C)OC(=O)N[C@@H](CCCCI)C(=O)OCc1ccccc1. The van der Waals surface area contributed by atoms with Gasteiger partial charge in [-0.25, -0.2) is 9.59 Å². The number of hydrogen-bond acceptors (Lipinski definition) is 4. The third-order valence-electron chi connectivity index (χ3n) is 3.08. The molecule has 0 aromatic heterocycles. The average molecular weight is 447 g/mol. The molecule has 134 valence electrons. The first-order chi connectivity index (χ1) is 11.3. The Morgan fingerprint density at radius 3 is 2.42 bits per heavy atom. The second-order valence-corrected chi connectivity index (χ2v) is 7.56. The summed E-state index contributed by atoms with van der Waals surface area (Å²) in [6.45, 7) is 5.54. The van der Waals surface area contributed by atoms with Crippen LogP contribution < -0.4 is 5.32 Å². The molecule has 1 amide bonds. The molecule has 0 aliphatic rings. The van der Waals surface area contributed by atoms with E-state index in [1.54, 1.807) is 20.8 Å². The van der Waals surface area contributed by atoms with E-state index in [-0.39, 0.29) is 6.61 Å². The minimum absolute atomic E-state index is 0.193. The number of amides is 1. The third kappa shape index (κ3) is 9.10. The van der Waals surface area contributed by atoms with Gasteiger partial charge < -0.3 is 14.8 Å². The highest BCUT2D eigenvalue weighted by molar-refractivity contribution is 14.1. The molecular formula is C18H26INO4. The number of alkyl halides is 1. The van der Waals surface area contributed by atoms with Gasteiger partial charge >= 0.3 is 12.1 Å². The van der Waals surface area contributed by atoms with Crippen LogP contribution in [0.4, 0.5) is 4.79 Å². The van der Waals surface area contributed by atoms with Crippen LogP contribution >= 0.6 is 22.6 Å². The van der Waals surface area contributed by atoms with Crippen LogP contribution in [0.2, 0.25) is 0 Å². The first kappa shape index (κ1) is 20.7. The molecule has 0 unspecified atom stereocenters. The molecule has 0 fully saturated rings. The number of carbonyl (C=O) groups excluding carboxylic acids is 2. The maximum absolute atomic E-state index is 12.3. The summed E-state index contributed by atoms with van der Waals surface area (Å²) in [5.41, 5.74) is 0.305. The van der Waals surface area contributed by atoms with Gasteiger partial charge in [0.05, 0.1) is 0 Å². The van der Waals surface area contributed by atoms with Crippen molar-refractivity contribution in [2.75, 3.05) is 4.43 Å². The van der Waals surface area contributed by atoms with Crippen LogP contribution in [0.1, 0.15) is 45.6 Å². The number of benzene rings is 1. The van der Waals surface area contributed by atoms with Crippen LogP contribution in [0.15, 0.2) is 30.3 Å². The molecule has 0 saturated heterocycles. The number of hydrogen-bond donors (Lipinski definition) is 1. The standard InChI is InChI=1S/C18H26INO4/c1-18(2,3)24-17(22)20-15(11-7-8-12-19)16(21)23-13-14-9-5-4-6-10-14/h4-6,9-10,15H,7-8,11-13H2,1-3H3,(H,20,22)/t15-/m0/s1. The highest BCUT2D eigenvalue weighted by atomic mass is 127. The lowest BCUT2D eigenvalue weighted by molar-refractivity contribution is -0.147. The summed E-state index contributed by atoms with van der Waals surface area (Å²) >= 11 is 2.29. The fraction of sp³-hybridized carbons (Fsp3) is 0.556. The summed E-state index contributed by atoms with van der Waals surface area (Å²) in [5, 5.41) is 2.63. The number of halogens is 1. The molecule has 0 aliphatic heterocycles. The van der Waals surface area contributed by atoms with Gasteiger partial charge in [-0.2, -0.15) is 0 Å². The van der Waals surface area contributed by atoms with Gasteiger partial charge in [-0.1, -0.05) is 59.3 Å². The normalized spacial score (nSPS) is 12.3. The van der Waals surface area contributed by atoms with Crippen molar-refractivity contribution >= 4 is 34.7 Å². The Kier molecular flexibility index (Phi) is 9.10. The molecule has 1 aromatic carbocycles. The predicted molar refractivity (Wildman–Crippen MR) is 102 cm³/mol. The van der Waals surface area contributed by atoms with Gasteiger partial charge in [0.25, 0.3) is 0 Å². The Hall–Kier alpha value is -1.31. The van der Waals surface area contributed by atoms with Crippen LogP contribution in [-0.2, 0) is 20.9 Å². The van der Waals surface area contributed by atoms with Crippen LogP contribution in [0.25, 0.3) is 0 Å². The Labute approximate surface area is 157 Å². The highest BCUT2D eigenvalue weighted by Gasteiger charge is 2.25. The summed E-state index contributed by atoms with van der Waals surface area (Å²) in [6, 6.07) is 8.77. The van der Waals surface area contributed by atoms with Gasteiger partial charge in [-0.05, 0) is 43.6 Å². The maximum Gasteiger partial charge on any atom is 0.408 e. The molecule has 1 aromatic rings. The molecule has 1 N–H and O–H groups in total. The molecule has 0 bridgehead atoms. The second-order valence-electron chi connectivity index (χ2n) is 6.48. The lowest BCUT2D eigenvalue weighted by atomic mass is 10.1. The number of esters is 1. The lowest BCUT2D eigenvalue weighted by Gasteiger charge is -2.23. The molecular weight excluding hydrogens is 421 g/mol. The van der Waals surface area contributed by atoms with Crippen LogP contribution in [0, 0.1) is 0 Å². The zero-order chi connectivity index (χ0) is 18.0. The number of ether oxygens (including phenoxy) is 2. The quantitative estimate of drug-likeness (QED) is 0.281.